The number of anilines is 1. The molecule has 3 aromatic rings. The number of oxazole rings is 1. The third-order valence-electron chi connectivity index (χ3n) is 4.00. The molecule has 140 valence electrons. The lowest BCUT2D eigenvalue weighted by atomic mass is 10.1. The van der Waals surface area contributed by atoms with Crippen molar-refractivity contribution in [3.63, 3.8) is 0 Å². The third kappa shape index (κ3) is 4.75. The summed E-state index contributed by atoms with van der Waals surface area (Å²) in [5, 5.41) is 2.48. The van der Waals surface area contributed by atoms with E-state index in [0.29, 0.717) is 11.7 Å². The Hall–Kier alpha value is -3.09. The standard InChI is InChI=1S/C20H17F3N2O2/c1-13-7-8-15(11-16(13)20(21,22)23)25-18(26)9-10-19-24-12-17(27-19)14-5-3-2-4-6-14/h2-8,11-12H,9-10H2,1H3,(H,25,26). The van der Waals surface area contributed by atoms with Gasteiger partial charge in [-0.25, -0.2) is 4.98 Å². The molecule has 27 heavy (non-hydrogen) atoms. The number of amides is 1. The zero-order valence-electron chi connectivity index (χ0n) is 14.5. The van der Waals surface area contributed by atoms with Crippen LogP contribution in [-0.2, 0) is 17.4 Å². The molecule has 0 radical (unpaired) electrons. The molecule has 0 saturated carbocycles. The quantitative estimate of drug-likeness (QED) is 0.664. The molecule has 1 heterocycles. The molecule has 1 N–H and O–H groups in total. The van der Waals surface area contributed by atoms with Gasteiger partial charge in [0, 0.05) is 24.1 Å². The van der Waals surface area contributed by atoms with Crippen LogP contribution in [0.3, 0.4) is 0 Å². The number of rotatable bonds is 5. The van der Waals surface area contributed by atoms with Gasteiger partial charge in [0.25, 0.3) is 0 Å². The fourth-order valence-corrected chi connectivity index (χ4v) is 2.61. The first-order valence-electron chi connectivity index (χ1n) is 8.31. The van der Waals surface area contributed by atoms with Crippen LogP contribution in [0.4, 0.5) is 18.9 Å². The molecule has 0 spiro atoms. The normalized spacial score (nSPS) is 11.4. The second kappa shape index (κ2) is 7.65. The van der Waals surface area contributed by atoms with Crippen LogP contribution in [0.5, 0.6) is 0 Å². The average Bonchev–Trinajstić information content (AvgIpc) is 3.10. The monoisotopic (exact) mass is 374 g/mol. The summed E-state index contributed by atoms with van der Waals surface area (Å²) in [5.74, 6) is 0.578. The van der Waals surface area contributed by atoms with E-state index in [0.717, 1.165) is 11.6 Å². The molecule has 3 rings (SSSR count). The summed E-state index contributed by atoms with van der Waals surface area (Å²) in [4.78, 5) is 16.2. The first kappa shape index (κ1) is 18.7. The van der Waals surface area contributed by atoms with E-state index in [9.17, 15) is 18.0 Å². The summed E-state index contributed by atoms with van der Waals surface area (Å²) in [6.45, 7) is 1.38. The van der Waals surface area contributed by atoms with Gasteiger partial charge in [-0.15, -0.1) is 0 Å². The number of nitrogens with one attached hydrogen (secondary N) is 1. The van der Waals surface area contributed by atoms with Crippen molar-refractivity contribution in [3.8, 4) is 11.3 Å². The predicted octanol–water partition coefficient (Wildman–Crippen LogP) is 5.24. The molecule has 4 nitrogen and oxygen atoms in total. The van der Waals surface area contributed by atoms with E-state index in [1.54, 1.807) is 6.20 Å². The Labute approximate surface area is 154 Å². The van der Waals surface area contributed by atoms with Gasteiger partial charge in [0.1, 0.15) is 0 Å². The Balaban J connectivity index is 1.60. The molecule has 1 aromatic heterocycles. The molecule has 0 aliphatic carbocycles. The molecule has 0 aliphatic rings. The molecule has 0 atom stereocenters. The molecule has 0 fully saturated rings. The molecule has 0 unspecified atom stereocenters. The zero-order chi connectivity index (χ0) is 19.4. The Kier molecular flexibility index (Phi) is 5.30. The molecule has 2 aromatic carbocycles. The SMILES string of the molecule is Cc1ccc(NC(=O)CCc2ncc(-c3ccccc3)o2)cc1C(F)(F)F. The van der Waals surface area contributed by atoms with E-state index in [1.165, 1.54) is 19.1 Å². The number of alkyl halides is 3. The number of aryl methyl sites for hydroxylation is 2. The van der Waals surface area contributed by atoms with Crippen molar-refractivity contribution < 1.29 is 22.4 Å². The number of benzene rings is 2. The summed E-state index contributed by atoms with van der Waals surface area (Å²) in [6, 6.07) is 13.1. The minimum atomic E-state index is -4.46. The summed E-state index contributed by atoms with van der Waals surface area (Å²) in [5.41, 5.74) is 0.324. The molecular formula is C20H17F3N2O2. The highest BCUT2D eigenvalue weighted by atomic mass is 19.4. The lowest BCUT2D eigenvalue weighted by Gasteiger charge is -2.12. The predicted molar refractivity (Wildman–Crippen MR) is 95.1 cm³/mol. The fourth-order valence-electron chi connectivity index (χ4n) is 2.61. The van der Waals surface area contributed by atoms with Crippen molar-refractivity contribution in [2.75, 3.05) is 5.32 Å². The number of carbonyl (C=O) groups excluding carboxylic acids is 1. The van der Waals surface area contributed by atoms with Gasteiger partial charge in [-0.3, -0.25) is 4.79 Å². The third-order valence-corrected chi connectivity index (χ3v) is 4.00. The number of aromatic nitrogens is 1. The van der Waals surface area contributed by atoms with Crippen molar-refractivity contribution in [1.82, 2.24) is 4.98 Å². The molecule has 0 aliphatic heterocycles. The lowest BCUT2D eigenvalue weighted by Crippen LogP contribution is -2.14. The Morgan fingerprint density at radius 2 is 1.89 bits per heavy atom. The van der Waals surface area contributed by atoms with Crippen molar-refractivity contribution in [2.24, 2.45) is 0 Å². The molecule has 1 amide bonds. The van der Waals surface area contributed by atoms with Gasteiger partial charge in [0.15, 0.2) is 11.7 Å². The zero-order valence-corrected chi connectivity index (χ0v) is 14.5. The largest absolute Gasteiger partial charge is 0.441 e. The number of halogens is 3. The van der Waals surface area contributed by atoms with Crippen molar-refractivity contribution in [3.05, 3.63) is 71.7 Å². The van der Waals surface area contributed by atoms with E-state index in [2.05, 4.69) is 10.3 Å². The molecule has 0 bridgehead atoms. The number of hydrogen-bond donors (Lipinski definition) is 1. The van der Waals surface area contributed by atoms with E-state index >= 15 is 0 Å². The maximum atomic E-state index is 12.9. The van der Waals surface area contributed by atoms with E-state index in [4.69, 9.17) is 4.42 Å². The highest BCUT2D eigenvalue weighted by Gasteiger charge is 2.32. The van der Waals surface area contributed by atoms with E-state index in [-0.39, 0.29) is 24.1 Å². The molecule has 0 saturated heterocycles. The Bertz CT molecular complexity index is 934. The molecule has 7 heteroatoms. The molecular weight excluding hydrogens is 357 g/mol. The van der Waals surface area contributed by atoms with Crippen LogP contribution in [0, 0.1) is 6.92 Å². The van der Waals surface area contributed by atoms with Gasteiger partial charge in [0.05, 0.1) is 11.8 Å². The van der Waals surface area contributed by atoms with Crippen LogP contribution in [-0.4, -0.2) is 10.9 Å². The smallest absolute Gasteiger partial charge is 0.416 e. The maximum absolute atomic E-state index is 12.9. The highest BCUT2D eigenvalue weighted by molar-refractivity contribution is 5.90. The van der Waals surface area contributed by atoms with Gasteiger partial charge in [-0.1, -0.05) is 36.4 Å². The van der Waals surface area contributed by atoms with Gasteiger partial charge < -0.3 is 9.73 Å². The van der Waals surface area contributed by atoms with E-state index in [1.807, 2.05) is 30.3 Å². The van der Waals surface area contributed by atoms with Crippen LogP contribution in [0.25, 0.3) is 11.3 Å². The summed E-state index contributed by atoms with van der Waals surface area (Å²) < 4.78 is 44.4. The minimum Gasteiger partial charge on any atom is -0.441 e. The highest BCUT2D eigenvalue weighted by Crippen LogP contribution is 2.33. The fraction of sp³-hybridized carbons (Fsp3) is 0.200. The van der Waals surface area contributed by atoms with Crippen molar-refractivity contribution >= 4 is 11.6 Å². The van der Waals surface area contributed by atoms with Crippen LogP contribution >= 0.6 is 0 Å². The van der Waals surface area contributed by atoms with Crippen LogP contribution < -0.4 is 5.32 Å². The Morgan fingerprint density at radius 1 is 1.15 bits per heavy atom. The van der Waals surface area contributed by atoms with Gasteiger partial charge in [-0.2, -0.15) is 13.2 Å². The Morgan fingerprint density at radius 3 is 2.59 bits per heavy atom. The summed E-state index contributed by atoms with van der Waals surface area (Å²) in [7, 11) is 0. The first-order valence-corrected chi connectivity index (χ1v) is 8.31. The topological polar surface area (TPSA) is 55.1 Å². The van der Waals surface area contributed by atoms with E-state index < -0.39 is 17.6 Å². The maximum Gasteiger partial charge on any atom is 0.416 e. The number of hydrogen-bond acceptors (Lipinski definition) is 3. The van der Waals surface area contributed by atoms with Crippen molar-refractivity contribution in [1.29, 1.82) is 0 Å². The van der Waals surface area contributed by atoms with Gasteiger partial charge >= 0.3 is 6.18 Å². The lowest BCUT2D eigenvalue weighted by molar-refractivity contribution is -0.138. The first-order chi connectivity index (χ1) is 12.8. The van der Waals surface area contributed by atoms with Crippen LogP contribution in [0.2, 0.25) is 0 Å². The average molecular weight is 374 g/mol. The van der Waals surface area contributed by atoms with Crippen LogP contribution in [0.15, 0.2) is 59.1 Å². The van der Waals surface area contributed by atoms with Gasteiger partial charge in [-0.05, 0) is 24.6 Å². The minimum absolute atomic E-state index is 0.0456. The second-order valence-electron chi connectivity index (χ2n) is 6.06. The van der Waals surface area contributed by atoms with Crippen LogP contribution in [0.1, 0.15) is 23.4 Å². The van der Waals surface area contributed by atoms with Gasteiger partial charge in [0.2, 0.25) is 5.91 Å². The number of nitrogens with zero attached hydrogens (tertiary/aromatic N) is 1. The summed E-state index contributed by atoms with van der Waals surface area (Å²) >= 11 is 0. The van der Waals surface area contributed by atoms with Crippen molar-refractivity contribution in [2.45, 2.75) is 25.9 Å². The summed E-state index contributed by atoms with van der Waals surface area (Å²) in [6.07, 6.45) is -2.59. The second-order valence-corrected chi connectivity index (χ2v) is 6.06. The number of carbonyl (C=O) groups is 1.